The van der Waals surface area contributed by atoms with Crippen LogP contribution in [0.1, 0.15) is 22.7 Å². The van der Waals surface area contributed by atoms with Gasteiger partial charge in [-0.05, 0) is 24.6 Å². The Labute approximate surface area is 192 Å². The lowest BCUT2D eigenvalue weighted by Crippen LogP contribution is -2.35. The summed E-state index contributed by atoms with van der Waals surface area (Å²) in [5.41, 5.74) is 2.65. The minimum atomic E-state index is -0.371. The zero-order valence-electron chi connectivity index (χ0n) is 18.9. The largest absolute Gasteiger partial charge is 0.495 e. The van der Waals surface area contributed by atoms with Crippen LogP contribution in [0.2, 0.25) is 0 Å². The van der Waals surface area contributed by atoms with Crippen molar-refractivity contribution in [1.82, 2.24) is 14.8 Å². The van der Waals surface area contributed by atoms with E-state index in [0.717, 1.165) is 54.8 Å². The molecule has 0 radical (unpaired) electrons. The first-order valence-electron chi connectivity index (χ1n) is 10.9. The third-order valence-corrected chi connectivity index (χ3v) is 6.82. The Kier molecular flexibility index (Phi) is 7.07. The van der Waals surface area contributed by atoms with E-state index in [-0.39, 0.29) is 24.2 Å². The molecule has 32 heavy (non-hydrogen) atoms. The van der Waals surface area contributed by atoms with Gasteiger partial charge in [-0.1, -0.05) is 6.07 Å². The van der Waals surface area contributed by atoms with Gasteiger partial charge >= 0.3 is 0 Å². The molecule has 8 nitrogen and oxygen atoms in total. The van der Waals surface area contributed by atoms with Crippen molar-refractivity contribution in [2.45, 2.75) is 26.4 Å². The van der Waals surface area contributed by atoms with Gasteiger partial charge in [-0.25, -0.2) is 4.98 Å². The van der Waals surface area contributed by atoms with Crippen LogP contribution in [-0.2, 0) is 27.4 Å². The zero-order chi connectivity index (χ0) is 22.7. The van der Waals surface area contributed by atoms with E-state index in [9.17, 15) is 9.59 Å². The summed E-state index contributed by atoms with van der Waals surface area (Å²) in [5.74, 6) is 0.183. The summed E-state index contributed by atoms with van der Waals surface area (Å²) in [6.07, 6.45) is 0.208. The molecule has 2 saturated heterocycles. The van der Waals surface area contributed by atoms with Crippen molar-refractivity contribution in [3.05, 3.63) is 39.8 Å². The van der Waals surface area contributed by atoms with Crippen molar-refractivity contribution in [3.8, 4) is 5.75 Å². The van der Waals surface area contributed by atoms with E-state index in [1.54, 1.807) is 35.3 Å². The van der Waals surface area contributed by atoms with E-state index in [1.807, 2.05) is 30.5 Å². The number of anilines is 1. The molecule has 2 fully saturated rings. The molecule has 0 N–H and O–H groups in total. The topological polar surface area (TPSA) is 75.2 Å². The standard InChI is InChI=1S/C23H30N4O4S/c1-16-4-5-20(30-3)19(10-16)27-12-17(11-22(27)28)23(29)25(2)13-18-15-32-21(24-18)14-26-6-8-31-9-7-26/h4-5,10,15,17H,6-9,11-14H2,1-3H3. The molecular weight excluding hydrogens is 428 g/mol. The molecule has 1 aromatic heterocycles. The number of aryl methyl sites for hydroxylation is 1. The van der Waals surface area contributed by atoms with E-state index in [1.165, 1.54) is 0 Å². The van der Waals surface area contributed by atoms with Crippen LogP contribution in [0.5, 0.6) is 5.75 Å². The van der Waals surface area contributed by atoms with Crippen molar-refractivity contribution in [3.63, 3.8) is 0 Å². The summed E-state index contributed by atoms with van der Waals surface area (Å²) >= 11 is 1.62. The Hall–Kier alpha value is -2.49. The van der Waals surface area contributed by atoms with Crippen LogP contribution in [-0.4, -0.2) is 73.6 Å². The smallest absolute Gasteiger partial charge is 0.228 e. The first kappa shape index (κ1) is 22.7. The van der Waals surface area contributed by atoms with Crippen molar-refractivity contribution < 1.29 is 19.1 Å². The third-order valence-electron chi connectivity index (χ3n) is 5.94. The lowest BCUT2D eigenvalue weighted by Gasteiger charge is -2.25. The zero-order valence-corrected chi connectivity index (χ0v) is 19.7. The van der Waals surface area contributed by atoms with Crippen molar-refractivity contribution in [1.29, 1.82) is 0 Å². The highest BCUT2D eigenvalue weighted by Gasteiger charge is 2.37. The molecule has 2 aliphatic rings. The van der Waals surface area contributed by atoms with E-state index in [4.69, 9.17) is 14.5 Å². The number of hydrogen-bond acceptors (Lipinski definition) is 7. The number of nitrogens with zero attached hydrogens (tertiary/aromatic N) is 4. The van der Waals surface area contributed by atoms with E-state index < -0.39 is 0 Å². The summed E-state index contributed by atoms with van der Waals surface area (Å²) < 4.78 is 10.8. The number of carbonyl (C=O) groups is 2. The fraction of sp³-hybridized carbons (Fsp3) is 0.522. The van der Waals surface area contributed by atoms with Gasteiger partial charge in [-0.2, -0.15) is 0 Å². The molecule has 1 unspecified atom stereocenters. The average Bonchev–Trinajstić information content (AvgIpc) is 3.39. The van der Waals surface area contributed by atoms with Crippen molar-refractivity contribution >= 4 is 28.8 Å². The molecule has 4 rings (SSSR count). The summed E-state index contributed by atoms with van der Waals surface area (Å²) in [4.78, 5) is 36.2. The van der Waals surface area contributed by atoms with Gasteiger partial charge in [-0.3, -0.25) is 14.5 Å². The second-order valence-corrected chi connectivity index (χ2v) is 9.34. The van der Waals surface area contributed by atoms with Crippen LogP contribution < -0.4 is 9.64 Å². The molecular formula is C23H30N4O4S. The van der Waals surface area contributed by atoms with Crippen molar-refractivity contribution in [2.24, 2.45) is 5.92 Å². The van der Waals surface area contributed by atoms with E-state index >= 15 is 0 Å². The lowest BCUT2D eigenvalue weighted by molar-refractivity contribution is -0.135. The number of amides is 2. The molecule has 0 saturated carbocycles. The highest BCUT2D eigenvalue weighted by molar-refractivity contribution is 7.09. The fourth-order valence-corrected chi connectivity index (χ4v) is 5.02. The second-order valence-electron chi connectivity index (χ2n) is 8.40. The molecule has 2 aliphatic heterocycles. The maximum atomic E-state index is 13.1. The summed E-state index contributed by atoms with van der Waals surface area (Å²) in [6, 6.07) is 5.73. The molecule has 0 spiro atoms. The van der Waals surface area contributed by atoms with Gasteiger partial charge < -0.3 is 19.3 Å². The monoisotopic (exact) mass is 458 g/mol. The number of thiazole rings is 1. The number of hydrogen-bond donors (Lipinski definition) is 0. The molecule has 172 valence electrons. The first-order valence-corrected chi connectivity index (χ1v) is 11.8. The summed E-state index contributed by atoms with van der Waals surface area (Å²) in [5, 5.41) is 3.07. The van der Waals surface area contributed by atoms with Crippen LogP contribution in [0.25, 0.3) is 0 Å². The number of carbonyl (C=O) groups excluding carboxylic acids is 2. The van der Waals surface area contributed by atoms with Crippen molar-refractivity contribution in [2.75, 3.05) is 51.9 Å². The summed E-state index contributed by atoms with van der Waals surface area (Å²) in [6.45, 7) is 6.97. The SMILES string of the molecule is COc1ccc(C)cc1N1CC(C(=O)N(C)Cc2csc(CN3CCOCC3)n2)CC1=O. The Morgan fingerprint density at radius 1 is 1.34 bits per heavy atom. The molecule has 1 aromatic carbocycles. The number of methoxy groups -OCH3 is 1. The molecule has 0 aliphatic carbocycles. The molecule has 9 heteroatoms. The van der Waals surface area contributed by atoms with E-state index in [0.29, 0.717) is 18.8 Å². The minimum absolute atomic E-state index is 0.0322. The molecule has 2 aromatic rings. The molecule has 3 heterocycles. The predicted octanol–water partition coefficient (Wildman–Crippen LogP) is 2.30. The summed E-state index contributed by atoms with van der Waals surface area (Å²) in [7, 11) is 3.37. The number of ether oxygens (including phenoxy) is 2. The van der Waals surface area contributed by atoms with Crippen LogP contribution in [0.15, 0.2) is 23.6 Å². The molecule has 0 bridgehead atoms. The molecule has 1 atom stereocenters. The van der Waals surface area contributed by atoms with Crippen LogP contribution in [0, 0.1) is 12.8 Å². The molecule has 2 amide bonds. The Bertz CT molecular complexity index is 973. The van der Waals surface area contributed by atoms with Gasteiger partial charge in [0.15, 0.2) is 0 Å². The lowest BCUT2D eigenvalue weighted by atomic mass is 10.1. The fourth-order valence-electron chi connectivity index (χ4n) is 4.19. The number of rotatable bonds is 7. The van der Waals surface area contributed by atoms with Crippen LogP contribution in [0.4, 0.5) is 5.69 Å². The maximum Gasteiger partial charge on any atom is 0.228 e. The Morgan fingerprint density at radius 2 is 2.12 bits per heavy atom. The Balaban J connectivity index is 1.36. The first-order chi connectivity index (χ1) is 15.4. The third kappa shape index (κ3) is 5.11. The highest BCUT2D eigenvalue weighted by Crippen LogP contribution is 2.34. The van der Waals surface area contributed by atoms with Gasteiger partial charge in [0.1, 0.15) is 10.8 Å². The van der Waals surface area contributed by atoms with E-state index in [2.05, 4.69) is 4.90 Å². The van der Waals surface area contributed by atoms with Gasteiger partial charge in [0.2, 0.25) is 11.8 Å². The van der Waals surface area contributed by atoms with Crippen LogP contribution in [0.3, 0.4) is 0 Å². The Morgan fingerprint density at radius 3 is 2.88 bits per heavy atom. The number of morpholine rings is 1. The maximum absolute atomic E-state index is 13.1. The minimum Gasteiger partial charge on any atom is -0.495 e. The van der Waals surface area contributed by atoms with Gasteiger partial charge in [0.05, 0.1) is 50.7 Å². The normalized spacial score (nSPS) is 19.4. The quantitative estimate of drug-likeness (QED) is 0.634. The predicted molar refractivity (Wildman–Crippen MR) is 123 cm³/mol. The van der Waals surface area contributed by atoms with Crippen LogP contribution >= 0.6 is 11.3 Å². The number of aromatic nitrogens is 1. The average molecular weight is 459 g/mol. The van der Waals surface area contributed by atoms with Gasteiger partial charge in [0, 0.05) is 38.5 Å². The van der Waals surface area contributed by atoms with Gasteiger partial charge in [0.25, 0.3) is 0 Å². The second kappa shape index (κ2) is 9.97. The highest BCUT2D eigenvalue weighted by atomic mass is 32.1. The van der Waals surface area contributed by atoms with Gasteiger partial charge in [-0.15, -0.1) is 11.3 Å². The number of benzene rings is 1.